The molecule has 0 amide bonds. The molecule has 0 unspecified atom stereocenters. The minimum atomic E-state index is -0.599. The number of hydrogen-bond donors (Lipinski definition) is 0. The molecule has 1 saturated heterocycles. The summed E-state index contributed by atoms with van der Waals surface area (Å²) in [5.41, 5.74) is -0.0791. The summed E-state index contributed by atoms with van der Waals surface area (Å²) in [4.78, 5) is 23.0. The molecule has 8 heteroatoms. The fraction of sp³-hybridized carbons (Fsp3) is 0.389. The minimum absolute atomic E-state index is 0.0135. The van der Waals surface area contributed by atoms with Gasteiger partial charge in [-0.15, -0.1) is 0 Å². The fourth-order valence-electron chi connectivity index (χ4n) is 2.80. The van der Waals surface area contributed by atoms with Gasteiger partial charge >= 0.3 is 7.12 Å². The lowest BCUT2D eigenvalue weighted by Gasteiger charge is -2.32. The van der Waals surface area contributed by atoms with Crippen molar-refractivity contribution in [2.24, 2.45) is 0 Å². The smallest absolute Gasteiger partial charge is 0.399 e. The molecule has 2 heterocycles. The van der Waals surface area contributed by atoms with Gasteiger partial charge in [0, 0.05) is 23.9 Å². The van der Waals surface area contributed by atoms with Gasteiger partial charge in [0.2, 0.25) is 0 Å². The van der Waals surface area contributed by atoms with E-state index in [0.717, 1.165) is 0 Å². The first kappa shape index (κ1) is 18.3. The Hall–Kier alpha value is -2.45. The molecule has 0 atom stereocenters. The SMILES string of the molecule is CC1(C)OB(c2ccc(=O)n(Cc3ccccc3[N+](=O)[O-])c2)OC1(C)C. The van der Waals surface area contributed by atoms with Gasteiger partial charge in [-0.05, 0) is 33.2 Å². The van der Waals surface area contributed by atoms with Crippen molar-refractivity contribution in [1.82, 2.24) is 4.57 Å². The van der Waals surface area contributed by atoms with Crippen LogP contribution in [0.25, 0.3) is 0 Å². The van der Waals surface area contributed by atoms with Crippen molar-refractivity contribution < 1.29 is 14.2 Å². The quantitative estimate of drug-likeness (QED) is 0.476. The maximum atomic E-state index is 12.2. The molecule has 1 fully saturated rings. The Morgan fingerprint density at radius 2 is 1.69 bits per heavy atom. The normalized spacial score (nSPS) is 18.1. The van der Waals surface area contributed by atoms with Crippen LogP contribution in [0.3, 0.4) is 0 Å². The van der Waals surface area contributed by atoms with Crippen LogP contribution in [0.2, 0.25) is 0 Å². The van der Waals surface area contributed by atoms with Crippen LogP contribution in [0, 0.1) is 10.1 Å². The second kappa shape index (κ2) is 6.37. The van der Waals surface area contributed by atoms with Crippen LogP contribution in [0.15, 0.2) is 47.4 Å². The molecule has 26 heavy (non-hydrogen) atoms. The summed E-state index contributed by atoms with van der Waals surface area (Å²) in [5.74, 6) is 0. The van der Waals surface area contributed by atoms with Crippen molar-refractivity contribution in [1.29, 1.82) is 0 Å². The molecular formula is C18H21BN2O5. The Kier molecular flexibility index (Phi) is 4.50. The summed E-state index contributed by atoms with van der Waals surface area (Å²) in [6, 6.07) is 9.48. The van der Waals surface area contributed by atoms with E-state index in [4.69, 9.17) is 9.31 Å². The third-order valence-electron chi connectivity index (χ3n) is 5.06. The predicted molar refractivity (Wildman–Crippen MR) is 98.6 cm³/mol. The Morgan fingerprint density at radius 3 is 2.31 bits per heavy atom. The second-order valence-corrected chi connectivity index (χ2v) is 7.40. The molecule has 136 valence electrons. The third kappa shape index (κ3) is 3.30. The van der Waals surface area contributed by atoms with E-state index in [1.807, 2.05) is 27.7 Å². The molecule has 1 aliphatic heterocycles. The van der Waals surface area contributed by atoms with E-state index in [9.17, 15) is 14.9 Å². The highest BCUT2D eigenvalue weighted by atomic mass is 16.7. The molecule has 0 N–H and O–H groups in total. The van der Waals surface area contributed by atoms with Crippen LogP contribution in [-0.4, -0.2) is 27.8 Å². The summed E-state index contributed by atoms with van der Waals surface area (Å²) in [6.45, 7) is 7.92. The second-order valence-electron chi connectivity index (χ2n) is 7.40. The fourth-order valence-corrected chi connectivity index (χ4v) is 2.80. The van der Waals surface area contributed by atoms with Crippen molar-refractivity contribution in [3.63, 3.8) is 0 Å². The van der Waals surface area contributed by atoms with E-state index in [1.54, 1.807) is 30.5 Å². The van der Waals surface area contributed by atoms with Crippen LogP contribution < -0.4 is 11.0 Å². The highest BCUT2D eigenvalue weighted by Crippen LogP contribution is 2.36. The van der Waals surface area contributed by atoms with Gasteiger partial charge < -0.3 is 13.9 Å². The van der Waals surface area contributed by atoms with Gasteiger partial charge in [0.15, 0.2) is 0 Å². The van der Waals surface area contributed by atoms with Gasteiger partial charge in [-0.1, -0.05) is 24.3 Å². The van der Waals surface area contributed by atoms with Gasteiger partial charge in [0.05, 0.1) is 22.7 Å². The van der Waals surface area contributed by atoms with E-state index >= 15 is 0 Å². The topological polar surface area (TPSA) is 83.6 Å². The number of aromatic nitrogens is 1. The number of nitrogens with zero attached hydrogens (tertiary/aromatic N) is 2. The van der Waals surface area contributed by atoms with E-state index in [-0.39, 0.29) is 17.8 Å². The number of hydrogen-bond acceptors (Lipinski definition) is 5. The Bertz CT molecular complexity index is 890. The lowest BCUT2D eigenvalue weighted by Crippen LogP contribution is -2.41. The summed E-state index contributed by atoms with van der Waals surface area (Å²) in [6.07, 6.45) is 1.64. The van der Waals surface area contributed by atoms with E-state index in [0.29, 0.717) is 11.0 Å². The van der Waals surface area contributed by atoms with Gasteiger partial charge in [-0.2, -0.15) is 0 Å². The largest absolute Gasteiger partial charge is 0.496 e. The zero-order valence-corrected chi connectivity index (χ0v) is 15.3. The summed E-state index contributed by atoms with van der Waals surface area (Å²) in [7, 11) is -0.599. The Morgan fingerprint density at radius 1 is 1.08 bits per heavy atom. The van der Waals surface area contributed by atoms with E-state index < -0.39 is 23.2 Å². The first-order valence-electron chi connectivity index (χ1n) is 8.39. The van der Waals surface area contributed by atoms with Crippen LogP contribution in [-0.2, 0) is 15.9 Å². The van der Waals surface area contributed by atoms with Crippen molar-refractivity contribution in [3.8, 4) is 0 Å². The van der Waals surface area contributed by atoms with Gasteiger partial charge in [-0.3, -0.25) is 14.9 Å². The van der Waals surface area contributed by atoms with E-state index in [2.05, 4.69) is 0 Å². The first-order valence-corrected chi connectivity index (χ1v) is 8.39. The van der Waals surface area contributed by atoms with Crippen LogP contribution >= 0.6 is 0 Å². The Labute approximate surface area is 151 Å². The molecular weight excluding hydrogens is 335 g/mol. The Balaban J connectivity index is 1.93. The molecule has 0 aliphatic carbocycles. The number of rotatable bonds is 4. The first-order chi connectivity index (χ1) is 12.1. The number of nitro groups is 1. The molecule has 1 aliphatic rings. The maximum absolute atomic E-state index is 12.2. The number of nitro benzene ring substituents is 1. The number of benzene rings is 1. The standard InChI is InChI=1S/C18H21BN2O5/c1-17(2)18(3,4)26-19(25-17)14-9-10-16(22)20(12-14)11-13-7-5-6-8-15(13)21(23)24/h5-10,12H,11H2,1-4H3. The molecule has 1 aromatic heterocycles. The number of para-hydroxylation sites is 1. The molecule has 0 spiro atoms. The van der Waals surface area contributed by atoms with E-state index in [1.165, 1.54) is 16.7 Å². The number of pyridine rings is 1. The summed E-state index contributed by atoms with van der Waals surface area (Å²) in [5, 5.41) is 11.2. The molecule has 1 aromatic carbocycles. The van der Waals surface area contributed by atoms with Crippen molar-refractivity contribution in [2.75, 3.05) is 0 Å². The predicted octanol–water partition coefficient (Wildman–Crippen LogP) is 2.10. The van der Waals surface area contributed by atoms with Gasteiger partial charge in [-0.25, -0.2) is 0 Å². The van der Waals surface area contributed by atoms with Crippen molar-refractivity contribution >= 4 is 18.3 Å². The van der Waals surface area contributed by atoms with Gasteiger partial charge in [0.1, 0.15) is 0 Å². The lowest BCUT2D eigenvalue weighted by atomic mass is 9.80. The molecule has 2 aromatic rings. The molecule has 7 nitrogen and oxygen atoms in total. The average Bonchev–Trinajstić information content (AvgIpc) is 2.78. The van der Waals surface area contributed by atoms with Crippen LogP contribution in [0.5, 0.6) is 0 Å². The monoisotopic (exact) mass is 356 g/mol. The highest BCUT2D eigenvalue weighted by molar-refractivity contribution is 6.62. The summed E-state index contributed by atoms with van der Waals surface area (Å²) < 4.78 is 13.5. The van der Waals surface area contributed by atoms with Crippen LogP contribution in [0.4, 0.5) is 5.69 Å². The lowest BCUT2D eigenvalue weighted by molar-refractivity contribution is -0.385. The summed E-state index contributed by atoms with van der Waals surface area (Å²) >= 11 is 0. The zero-order valence-electron chi connectivity index (χ0n) is 15.3. The van der Waals surface area contributed by atoms with Crippen molar-refractivity contribution in [2.45, 2.75) is 45.4 Å². The third-order valence-corrected chi connectivity index (χ3v) is 5.06. The highest BCUT2D eigenvalue weighted by Gasteiger charge is 2.51. The van der Waals surface area contributed by atoms with Crippen molar-refractivity contribution in [3.05, 3.63) is 68.6 Å². The van der Waals surface area contributed by atoms with Gasteiger partial charge in [0.25, 0.3) is 11.2 Å². The minimum Gasteiger partial charge on any atom is -0.399 e. The molecule has 0 radical (unpaired) electrons. The average molecular weight is 356 g/mol. The molecule has 3 rings (SSSR count). The maximum Gasteiger partial charge on any atom is 0.496 e. The molecule has 0 bridgehead atoms. The zero-order chi connectivity index (χ0) is 19.1. The van der Waals surface area contributed by atoms with Crippen LogP contribution in [0.1, 0.15) is 33.3 Å². The molecule has 0 saturated carbocycles.